The Balaban J connectivity index is 2.17. The molecule has 0 aromatic rings. The van der Waals surface area contributed by atoms with Gasteiger partial charge in [0.2, 0.25) is 0 Å². The summed E-state index contributed by atoms with van der Waals surface area (Å²) in [7, 11) is 1.83. The van der Waals surface area contributed by atoms with Gasteiger partial charge in [0.25, 0.3) is 0 Å². The zero-order valence-electron chi connectivity index (χ0n) is 12.2. The van der Waals surface area contributed by atoms with E-state index in [1.807, 2.05) is 7.05 Å². The lowest BCUT2D eigenvalue weighted by atomic mass is 10.0. The predicted molar refractivity (Wildman–Crippen MR) is 77.0 cm³/mol. The van der Waals surface area contributed by atoms with Crippen LogP contribution in [0.25, 0.3) is 0 Å². The number of hydrogen-bond acceptors (Lipinski definition) is 2. The first kappa shape index (κ1) is 15.3. The van der Waals surface area contributed by atoms with Crippen LogP contribution in [-0.2, 0) is 4.74 Å². The predicted octanol–water partition coefficient (Wildman–Crippen LogP) is 2.16. The number of nitrogens with zero attached hydrogens (tertiary/aromatic N) is 1. The molecule has 0 atom stereocenters. The Kier molecular flexibility index (Phi) is 7.09. The second-order valence-corrected chi connectivity index (χ2v) is 5.15. The second-order valence-electron chi connectivity index (χ2n) is 5.15. The van der Waals surface area contributed by atoms with Crippen molar-refractivity contribution in [3.63, 3.8) is 0 Å². The van der Waals surface area contributed by atoms with Crippen molar-refractivity contribution >= 4 is 5.96 Å². The van der Waals surface area contributed by atoms with Gasteiger partial charge in [-0.05, 0) is 38.0 Å². The fourth-order valence-corrected chi connectivity index (χ4v) is 2.00. The molecule has 0 bridgehead atoms. The molecule has 1 rings (SSSR count). The molecular formula is C14H29N3O. The molecule has 0 spiro atoms. The minimum absolute atomic E-state index is 0.470. The number of unbranched alkanes of at least 4 members (excludes halogenated alkanes) is 1. The minimum Gasteiger partial charge on any atom is -0.382 e. The third kappa shape index (κ3) is 5.71. The standard InChI is InChI=1S/C14H29N3O/c1-4-6-10-16-13(15-3)17-12-14(7-8-14)9-11-18-5-2/h4-12H2,1-3H3,(H2,15,16,17). The molecule has 2 N–H and O–H groups in total. The van der Waals surface area contributed by atoms with E-state index >= 15 is 0 Å². The molecule has 18 heavy (non-hydrogen) atoms. The maximum atomic E-state index is 5.45. The van der Waals surface area contributed by atoms with Crippen LogP contribution in [0.15, 0.2) is 4.99 Å². The summed E-state index contributed by atoms with van der Waals surface area (Å²) in [5.74, 6) is 0.936. The molecule has 106 valence electrons. The maximum Gasteiger partial charge on any atom is 0.190 e. The zero-order valence-corrected chi connectivity index (χ0v) is 12.2. The monoisotopic (exact) mass is 255 g/mol. The van der Waals surface area contributed by atoms with Crippen LogP contribution in [0.2, 0.25) is 0 Å². The van der Waals surface area contributed by atoms with Gasteiger partial charge in [0.05, 0.1) is 0 Å². The Hall–Kier alpha value is -0.770. The van der Waals surface area contributed by atoms with Gasteiger partial charge in [-0.3, -0.25) is 4.99 Å². The van der Waals surface area contributed by atoms with Crippen LogP contribution in [0.1, 0.15) is 46.0 Å². The van der Waals surface area contributed by atoms with Crippen LogP contribution >= 0.6 is 0 Å². The highest BCUT2D eigenvalue weighted by Crippen LogP contribution is 2.48. The summed E-state index contributed by atoms with van der Waals surface area (Å²) in [5.41, 5.74) is 0.470. The molecule has 0 aromatic heterocycles. The average molecular weight is 255 g/mol. The summed E-state index contributed by atoms with van der Waals surface area (Å²) < 4.78 is 5.45. The molecule has 0 aromatic carbocycles. The van der Waals surface area contributed by atoms with E-state index in [-0.39, 0.29) is 0 Å². The molecule has 4 nitrogen and oxygen atoms in total. The van der Waals surface area contributed by atoms with Crippen LogP contribution in [0.3, 0.4) is 0 Å². The lowest BCUT2D eigenvalue weighted by molar-refractivity contribution is 0.128. The smallest absolute Gasteiger partial charge is 0.190 e. The van der Waals surface area contributed by atoms with Crippen molar-refractivity contribution in [3.8, 4) is 0 Å². The number of guanidine groups is 1. The van der Waals surface area contributed by atoms with E-state index in [2.05, 4.69) is 29.5 Å². The number of nitrogens with one attached hydrogen (secondary N) is 2. The van der Waals surface area contributed by atoms with E-state index in [9.17, 15) is 0 Å². The fraction of sp³-hybridized carbons (Fsp3) is 0.929. The first-order valence-corrected chi connectivity index (χ1v) is 7.28. The van der Waals surface area contributed by atoms with Crippen molar-refractivity contribution in [1.82, 2.24) is 10.6 Å². The molecule has 1 saturated carbocycles. The van der Waals surface area contributed by atoms with Gasteiger partial charge in [0.15, 0.2) is 5.96 Å². The summed E-state index contributed by atoms with van der Waals surface area (Å²) in [4.78, 5) is 4.25. The lowest BCUT2D eigenvalue weighted by Crippen LogP contribution is -2.40. The van der Waals surface area contributed by atoms with Gasteiger partial charge >= 0.3 is 0 Å². The molecule has 1 aliphatic carbocycles. The minimum atomic E-state index is 0.470. The van der Waals surface area contributed by atoms with E-state index in [1.54, 1.807) is 0 Å². The van der Waals surface area contributed by atoms with E-state index in [1.165, 1.54) is 32.1 Å². The van der Waals surface area contributed by atoms with E-state index in [4.69, 9.17) is 4.74 Å². The molecule has 0 unspecified atom stereocenters. The third-order valence-corrected chi connectivity index (χ3v) is 3.62. The van der Waals surface area contributed by atoms with Gasteiger partial charge in [0, 0.05) is 33.4 Å². The van der Waals surface area contributed by atoms with E-state index in [0.29, 0.717) is 5.41 Å². The molecule has 0 saturated heterocycles. The number of rotatable bonds is 9. The Labute approximate surface area is 112 Å². The molecule has 1 aliphatic rings. The Morgan fingerprint density at radius 1 is 1.28 bits per heavy atom. The Morgan fingerprint density at radius 3 is 2.61 bits per heavy atom. The quantitative estimate of drug-likeness (QED) is 0.377. The maximum absolute atomic E-state index is 5.45. The van der Waals surface area contributed by atoms with Crippen LogP contribution in [0.5, 0.6) is 0 Å². The van der Waals surface area contributed by atoms with Gasteiger partial charge in [-0.25, -0.2) is 0 Å². The van der Waals surface area contributed by atoms with Gasteiger partial charge in [-0.15, -0.1) is 0 Å². The summed E-state index contributed by atoms with van der Waals surface area (Å²) in [6, 6.07) is 0. The van der Waals surface area contributed by atoms with Crippen molar-refractivity contribution in [3.05, 3.63) is 0 Å². The topological polar surface area (TPSA) is 45.7 Å². The van der Waals surface area contributed by atoms with Crippen LogP contribution < -0.4 is 10.6 Å². The highest BCUT2D eigenvalue weighted by molar-refractivity contribution is 5.79. The second kappa shape index (κ2) is 8.35. The van der Waals surface area contributed by atoms with Crippen molar-refractivity contribution < 1.29 is 4.74 Å². The molecule has 0 aliphatic heterocycles. The molecular weight excluding hydrogens is 226 g/mol. The lowest BCUT2D eigenvalue weighted by Gasteiger charge is -2.18. The number of ether oxygens (including phenoxy) is 1. The van der Waals surface area contributed by atoms with Gasteiger partial charge in [0.1, 0.15) is 0 Å². The Morgan fingerprint density at radius 2 is 2.06 bits per heavy atom. The zero-order chi connectivity index (χ0) is 13.3. The summed E-state index contributed by atoms with van der Waals surface area (Å²) in [5, 5.41) is 6.79. The fourth-order valence-electron chi connectivity index (χ4n) is 2.00. The first-order chi connectivity index (χ1) is 8.76. The molecule has 0 heterocycles. The van der Waals surface area contributed by atoms with Gasteiger partial charge < -0.3 is 15.4 Å². The van der Waals surface area contributed by atoms with Crippen molar-refractivity contribution in [1.29, 1.82) is 0 Å². The third-order valence-electron chi connectivity index (χ3n) is 3.62. The Bertz CT molecular complexity index is 249. The molecule has 4 heteroatoms. The van der Waals surface area contributed by atoms with Gasteiger partial charge in [-0.2, -0.15) is 0 Å². The largest absolute Gasteiger partial charge is 0.382 e. The highest BCUT2D eigenvalue weighted by atomic mass is 16.5. The average Bonchev–Trinajstić information content (AvgIpc) is 3.14. The van der Waals surface area contributed by atoms with Crippen molar-refractivity contribution in [2.24, 2.45) is 10.4 Å². The van der Waals surface area contributed by atoms with Crippen LogP contribution in [0.4, 0.5) is 0 Å². The number of aliphatic imine (C=N–C) groups is 1. The SMILES string of the molecule is CCCCNC(=NC)NCC1(CCOCC)CC1. The molecule has 0 amide bonds. The van der Waals surface area contributed by atoms with Crippen LogP contribution in [-0.4, -0.2) is 39.3 Å². The number of hydrogen-bond donors (Lipinski definition) is 2. The molecule has 0 radical (unpaired) electrons. The summed E-state index contributed by atoms with van der Waals surface area (Å²) in [6.45, 7) is 7.99. The van der Waals surface area contributed by atoms with Gasteiger partial charge in [-0.1, -0.05) is 13.3 Å². The highest BCUT2D eigenvalue weighted by Gasteiger charge is 2.41. The van der Waals surface area contributed by atoms with Crippen LogP contribution in [0, 0.1) is 5.41 Å². The van der Waals surface area contributed by atoms with Crippen molar-refractivity contribution in [2.75, 3.05) is 33.4 Å². The summed E-state index contributed by atoms with van der Waals surface area (Å²) in [6.07, 6.45) is 6.20. The van der Waals surface area contributed by atoms with E-state index in [0.717, 1.165) is 32.3 Å². The van der Waals surface area contributed by atoms with Crippen molar-refractivity contribution in [2.45, 2.75) is 46.0 Å². The summed E-state index contributed by atoms with van der Waals surface area (Å²) >= 11 is 0. The normalized spacial score (nSPS) is 17.6. The molecule has 1 fully saturated rings. The first-order valence-electron chi connectivity index (χ1n) is 7.28. The van der Waals surface area contributed by atoms with E-state index < -0.39 is 0 Å².